The first-order chi connectivity index (χ1) is 13.0. The highest BCUT2D eigenvalue weighted by molar-refractivity contribution is 6.30. The van der Waals surface area contributed by atoms with Crippen molar-refractivity contribution < 1.29 is 9.59 Å². The average Bonchev–Trinajstić information content (AvgIpc) is 3.22. The number of anilines is 1. The van der Waals surface area contributed by atoms with Crippen LogP contribution in [-0.2, 0) is 0 Å². The lowest BCUT2D eigenvalue weighted by molar-refractivity contribution is 0.0793. The molecule has 2 aromatic rings. The Bertz CT molecular complexity index is 816. The van der Waals surface area contributed by atoms with Crippen molar-refractivity contribution in [2.75, 3.05) is 25.5 Å². The van der Waals surface area contributed by atoms with Crippen LogP contribution in [0.2, 0.25) is 5.02 Å². The van der Waals surface area contributed by atoms with Gasteiger partial charge in [-0.3, -0.25) is 4.79 Å². The van der Waals surface area contributed by atoms with Gasteiger partial charge in [-0.2, -0.15) is 0 Å². The topological polar surface area (TPSA) is 52.7 Å². The molecule has 142 valence electrons. The SMILES string of the molecule is C[C@H](c1ccc(Cl)cc1)N(C)C(=O)Nc1cccc(C(=O)N2CCCC2)c1. The van der Waals surface area contributed by atoms with Gasteiger partial charge in [0, 0.05) is 36.4 Å². The van der Waals surface area contributed by atoms with Crippen molar-refractivity contribution in [2.45, 2.75) is 25.8 Å². The number of benzene rings is 2. The van der Waals surface area contributed by atoms with E-state index in [0.29, 0.717) is 16.3 Å². The van der Waals surface area contributed by atoms with Crippen LogP contribution in [0.5, 0.6) is 0 Å². The molecule has 1 N–H and O–H groups in total. The molecule has 1 saturated heterocycles. The van der Waals surface area contributed by atoms with E-state index in [1.807, 2.05) is 36.1 Å². The van der Waals surface area contributed by atoms with Crippen molar-refractivity contribution in [1.82, 2.24) is 9.80 Å². The Balaban J connectivity index is 1.67. The van der Waals surface area contributed by atoms with E-state index in [4.69, 9.17) is 11.6 Å². The third-order valence-electron chi connectivity index (χ3n) is 5.01. The monoisotopic (exact) mass is 385 g/mol. The van der Waals surface area contributed by atoms with Gasteiger partial charge in [0.25, 0.3) is 5.91 Å². The number of urea groups is 1. The molecule has 0 bridgehead atoms. The maximum Gasteiger partial charge on any atom is 0.322 e. The van der Waals surface area contributed by atoms with E-state index in [1.165, 1.54) is 0 Å². The fraction of sp³-hybridized carbons (Fsp3) is 0.333. The molecule has 27 heavy (non-hydrogen) atoms. The van der Waals surface area contributed by atoms with Gasteiger partial charge >= 0.3 is 6.03 Å². The largest absolute Gasteiger partial charge is 0.339 e. The molecule has 0 saturated carbocycles. The molecule has 3 rings (SSSR count). The van der Waals surface area contributed by atoms with Gasteiger partial charge in [-0.05, 0) is 55.7 Å². The van der Waals surface area contributed by atoms with Crippen LogP contribution in [-0.4, -0.2) is 41.9 Å². The molecule has 1 heterocycles. The molecule has 1 aliphatic rings. The predicted molar refractivity (Wildman–Crippen MR) is 108 cm³/mol. The molecule has 0 aliphatic carbocycles. The second-order valence-electron chi connectivity index (χ2n) is 6.85. The average molecular weight is 386 g/mol. The van der Waals surface area contributed by atoms with Crippen LogP contribution < -0.4 is 5.32 Å². The summed E-state index contributed by atoms with van der Waals surface area (Å²) in [6.45, 7) is 3.56. The zero-order valence-corrected chi connectivity index (χ0v) is 16.4. The highest BCUT2D eigenvalue weighted by Gasteiger charge is 2.21. The number of nitrogens with zero attached hydrogens (tertiary/aromatic N) is 2. The number of hydrogen-bond donors (Lipinski definition) is 1. The molecule has 0 spiro atoms. The minimum Gasteiger partial charge on any atom is -0.339 e. The molecular weight excluding hydrogens is 362 g/mol. The second kappa shape index (κ2) is 8.44. The Hall–Kier alpha value is -2.53. The lowest BCUT2D eigenvalue weighted by Gasteiger charge is -2.26. The third kappa shape index (κ3) is 4.61. The quantitative estimate of drug-likeness (QED) is 0.821. The van der Waals surface area contributed by atoms with Crippen molar-refractivity contribution in [3.8, 4) is 0 Å². The summed E-state index contributed by atoms with van der Waals surface area (Å²) in [5.74, 6) is 0.0199. The van der Waals surface area contributed by atoms with Gasteiger partial charge in [0.2, 0.25) is 0 Å². The Kier molecular flexibility index (Phi) is 6.01. The molecule has 2 aromatic carbocycles. The summed E-state index contributed by atoms with van der Waals surface area (Å²) < 4.78 is 0. The van der Waals surface area contributed by atoms with Crippen molar-refractivity contribution in [1.29, 1.82) is 0 Å². The smallest absolute Gasteiger partial charge is 0.322 e. The Labute approximate surface area is 164 Å². The first-order valence-corrected chi connectivity index (χ1v) is 9.52. The van der Waals surface area contributed by atoms with Crippen molar-refractivity contribution >= 4 is 29.2 Å². The first kappa shape index (κ1) is 19.2. The van der Waals surface area contributed by atoms with Gasteiger partial charge in [0.1, 0.15) is 0 Å². The Morgan fingerprint density at radius 1 is 1.11 bits per heavy atom. The lowest BCUT2D eigenvalue weighted by Crippen LogP contribution is -2.33. The molecule has 1 aliphatic heterocycles. The van der Waals surface area contributed by atoms with Gasteiger partial charge in [-0.25, -0.2) is 4.79 Å². The van der Waals surface area contributed by atoms with Crippen LogP contribution in [0.1, 0.15) is 41.7 Å². The molecule has 1 atom stereocenters. The van der Waals surface area contributed by atoms with E-state index in [-0.39, 0.29) is 18.0 Å². The molecule has 0 aromatic heterocycles. The summed E-state index contributed by atoms with van der Waals surface area (Å²) in [5, 5.41) is 3.54. The number of carbonyl (C=O) groups excluding carboxylic acids is 2. The number of nitrogens with one attached hydrogen (secondary N) is 1. The van der Waals surface area contributed by atoms with Crippen LogP contribution in [0, 0.1) is 0 Å². The highest BCUT2D eigenvalue weighted by atomic mass is 35.5. The van der Waals surface area contributed by atoms with Gasteiger partial charge in [0.05, 0.1) is 6.04 Å². The Morgan fingerprint density at radius 2 is 1.78 bits per heavy atom. The molecule has 6 heteroatoms. The van der Waals surface area contributed by atoms with Crippen molar-refractivity contribution in [3.05, 3.63) is 64.7 Å². The molecule has 1 fully saturated rings. The number of amides is 3. The summed E-state index contributed by atoms with van der Waals surface area (Å²) in [7, 11) is 1.74. The molecule has 0 radical (unpaired) electrons. The zero-order chi connectivity index (χ0) is 19.4. The number of halogens is 1. The predicted octanol–water partition coefficient (Wildman–Crippen LogP) is 4.80. The molecule has 3 amide bonds. The summed E-state index contributed by atoms with van der Waals surface area (Å²) in [4.78, 5) is 28.6. The fourth-order valence-corrected chi connectivity index (χ4v) is 3.31. The molecule has 5 nitrogen and oxygen atoms in total. The van der Waals surface area contributed by atoms with Gasteiger partial charge in [-0.15, -0.1) is 0 Å². The van der Waals surface area contributed by atoms with Crippen molar-refractivity contribution in [3.63, 3.8) is 0 Å². The summed E-state index contributed by atoms with van der Waals surface area (Å²) in [6.07, 6.45) is 2.10. The van der Waals surface area contributed by atoms with Gasteiger partial charge in [-0.1, -0.05) is 29.8 Å². The highest BCUT2D eigenvalue weighted by Crippen LogP contribution is 2.22. The maximum atomic E-state index is 12.6. The van der Waals surface area contributed by atoms with Crippen LogP contribution in [0.3, 0.4) is 0 Å². The van der Waals surface area contributed by atoms with Gasteiger partial charge < -0.3 is 15.1 Å². The number of carbonyl (C=O) groups is 2. The van der Waals surface area contributed by atoms with E-state index in [1.54, 1.807) is 36.2 Å². The number of likely N-dealkylation sites (tertiary alicyclic amines) is 1. The minimum absolute atomic E-state index is 0.0199. The maximum absolute atomic E-state index is 12.6. The van der Waals surface area contributed by atoms with Crippen LogP contribution in [0.4, 0.5) is 10.5 Å². The van der Waals surface area contributed by atoms with Crippen LogP contribution in [0.25, 0.3) is 0 Å². The van der Waals surface area contributed by atoms with E-state index in [0.717, 1.165) is 31.5 Å². The zero-order valence-electron chi connectivity index (χ0n) is 15.6. The minimum atomic E-state index is -0.233. The normalized spacial score (nSPS) is 14.7. The summed E-state index contributed by atoms with van der Waals surface area (Å²) >= 11 is 5.93. The van der Waals surface area contributed by atoms with Crippen molar-refractivity contribution in [2.24, 2.45) is 0 Å². The summed E-state index contributed by atoms with van der Waals surface area (Å²) in [5.41, 5.74) is 2.21. The number of hydrogen-bond acceptors (Lipinski definition) is 2. The Morgan fingerprint density at radius 3 is 2.44 bits per heavy atom. The van der Waals surface area contributed by atoms with Crippen LogP contribution in [0.15, 0.2) is 48.5 Å². The molecular formula is C21H24ClN3O2. The fourth-order valence-electron chi connectivity index (χ4n) is 3.19. The van der Waals surface area contributed by atoms with Crippen LogP contribution >= 0.6 is 11.6 Å². The van der Waals surface area contributed by atoms with E-state index in [9.17, 15) is 9.59 Å². The number of rotatable bonds is 4. The first-order valence-electron chi connectivity index (χ1n) is 9.14. The van der Waals surface area contributed by atoms with E-state index in [2.05, 4.69) is 5.32 Å². The van der Waals surface area contributed by atoms with E-state index >= 15 is 0 Å². The molecule has 0 unspecified atom stereocenters. The summed E-state index contributed by atoms with van der Waals surface area (Å²) in [6, 6.07) is 14.2. The second-order valence-corrected chi connectivity index (χ2v) is 7.29. The lowest BCUT2D eigenvalue weighted by atomic mass is 10.1. The van der Waals surface area contributed by atoms with E-state index < -0.39 is 0 Å². The third-order valence-corrected chi connectivity index (χ3v) is 5.26. The van der Waals surface area contributed by atoms with Gasteiger partial charge in [0.15, 0.2) is 0 Å². The standard InChI is InChI=1S/C21H24ClN3O2/c1-15(16-8-10-18(22)11-9-16)24(2)21(27)23-19-7-5-6-17(14-19)20(26)25-12-3-4-13-25/h5-11,14-15H,3-4,12-13H2,1-2H3,(H,23,27)/t15-/m1/s1.